The van der Waals surface area contributed by atoms with Crippen LogP contribution in [0.3, 0.4) is 0 Å². The molecule has 140 valence electrons. The van der Waals surface area contributed by atoms with Gasteiger partial charge >= 0.3 is 0 Å². The molecule has 0 aliphatic carbocycles. The van der Waals surface area contributed by atoms with E-state index in [4.69, 9.17) is 9.47 Å². The summed E-state index contributed by atoms with van der Waals surface area (Å²) in [6, 6.07) is 9.81. The maximum atomic E-state index is 12.7. The molecule has 1 saturated heterocycles. The fraction of sp³-hybridized carbons (Fsp3) is 0.316. The highest BCUT2D eigenvalue weighted by atomic mass is 16.5. The number of hydrogen-bond donors (Lipinski definition) is 2. The van der Waals surface area contributed by atoms with Crippen molar-refractivity contribution in [3.8, 4) is 5.75 Å². The summed E-state index contributed by atoms with van der Waals surface area (Å²) in [6.07, 6.45) is 0. The zero-order valence-electron chi connectivity index (χ0n) is 15.1. The smallest absolute Gasteiger partial charge is 0.268 e. The van der Waals surface area contributed by atoms with E-state index in [-0.39, 0.29) is 23.6 Å². The molecule has 0 bridgehead atoms. The predicted octanol–water partition coefficient (Wildman–Crippen LogP) is 1.41. The first-order valence-corrected chi connectivity index (χ1v) is 8.67. The summed E-state index contributed by atoms with van der Waals surface area (Å²) < 4.78 is 12.1. The largest absolute Gasteiger partial charge is 0.497 e. The Bertz CT molecular complexity index is 1060. The summed E-state index contributed by atoms with van der Waals surface area (Å²) in [5.41, 5.74) is 1.77. The van der Waals surface area contributed by atoms with Gasteiger partial charge in [-0.05, 0) is 31.2 Å². The van der Waals surface area contributed by atoms with Crippen LogP contribution in [0.4, 0.5) is 0 Å². The Morgan fingerprint density at radius 2 is 2.15 bits per heavy atom. The van der Waals surface area contributed by atoms with Gasteiger partial charge in [0.05, 0.1) is 32.1 Å². The van der Waals surface area contributed by atoms with Gasteiger partial charge in [-0.15, -0.1) is 0 Å². The van der Waals surface area contributed by atoms with E-state index < -0.39 is 0 Å². The van der Waals surface area contributed by atoms with Crippen LogP contribution in [0, 0.1) is 6.92 Å². The molecule has 2 aromatic heterocycles. The monoisotopic (exact) mass is 368 g/mol. The highest BCUT2D eigenvalue weighted by Gasteiger charge is 2.33. The molecule has 3 heterocycles. The van der Waals surface area contributed by atoms with E-state index in [2.05, 4.69) is 15.4 Å². The maximum absolute atomic E-state index is 12.7. The summed E-state index contributed by atoms with van der Waals surface area (Å²) in [5.74, 6) is 0.455. The number of rotatable bonds is 4. The number of nitrogens with one attached hydrogen (secondary N) is 2. The Kier molecular flexibility index (Phi) is 4.41. The molecule has 8 heteroatoms. The molecule has 2 N–H and O–H groups in total. The van der Waals surface area contributed by atoms with E-state index in [1.54, 1.807) is 19.2 Å². The van der Waals surface area contributed by atoms with Crippen LogP contribution in [0.25, 0.3) is 10.9 Å². The minimum atomic E-state index is -0.342. The molecule has 0 spiro atoms. The van der Waals surface area contributed by atoms with Crippen LogP contribution >= 0.6 is 0 Å². The second kappa shape index (κ2) is 6.88. The highest BCUT2D eigenvalue weighted by molar-refractivity contribution is 5.98. The quantitative estimate of drug-likeness (QED) is 0.726. The van der Waals surface area contributed by atoms with E-state index in [0.717, 1.165) is 16.6 Å². The van der Waals surface area contributed by atoms with Crippen LogP contribution in [0.15, 0.2) is 41.2 Å². The van der Waals surface area contributed by atoms with Crippen molar-refractivity contribution in [3.63, 3.8) is 0 Å². The summed E-state index contributed by atoms with van der Waals surface area (Å²) >= 11 is 0. The number of carbonyl (C=O) groups is 1. The number of aromatic amines is 1. The molecule has 4 rings (SSSR count). The number of aromatic nitrogens is 3. The van der Waals surface area contributed by atoms with Gasteiger partial charge in [0.2, 0.25) is 0 Å². The highest BCUT2D eigenvalue weighted by Crippen LogP contribution is 2.22. The van der Waals surface area contributed by atoms with E-state index in [1.165, 1.54) is 10.7 Å². The Balaban J connectivity index is 1.56. The van der Waals surface area contributed by atoms with Gasteiger partial charge in [-0.3, -0.25) is 9.59 Å². The molecular formula is C19H20N4O4. The molecular weight excluding hydrogens is 348 g/mol. The second-order valence-corrected chi connectivity index (χ2v) is 6.58. The number of methoxy groups -OCH3 is 1. The zero-order chi connectivity index (χ0) is 19.0. The summed E-state index contributed by atoms with van der Waals surface area (Å²) in [6.45, 7) is 2.47. The van der Waals surface area contributed by atoms with Gasteiger partial charge in [0, 0.05) is 23.0 Å². The Hall–Kier alpha value is -3.13. The lowest BCUT2D eigenvalue weighted by molar-refractivity contribution is 0.0920. The molecule has 0 saturated carbocycles. The molecule has 2 atom stereocenters. The van der Waals surface area contributed by atoms with Crippen molar-refractivity contribution in [2.24, 2.45) is 0 Å². The Labute approximate surface area is 155 Å². The number of aryl methyl sites for hydroxylation is 1. The standard InChI is InChI=1S/C19H20N4O4/c1-11-3-6-18(24)23(22-11)17-10-27-9-16(17)21-19(25)15-7-12-4-5-13(26-2)8-14(12)20-15/h3-8,16-17,20H,9-10H2,1-2H3,(H,21,25). The molecule has 8 nitrogen and oxygen atoms in total. The molecule has 1 aliphatic rings. The summed E-state index contributed by atoms with van der Waals surface area (Å²) in [4.78, 5) is 28.0. The summed E-state index contributed by atoms with van der Waals surface area (Å²) in [5, 5.41) is 8.16. The lowest BCUT2D eigenvalue weighted by Gasteiger charge is -2.20. The van der Waals surface area contributed by atoms with Gasteiger partial charge in [0.15, 0.2) is 0 Å². The van der Waals surface area contributed by atoms with Crippen LogP contribution in [0.1, 0.15) is 22.2 Å². The molecule has 27 heavy (non-hydrogen) atoms. The number of benzene rings is 1. The van der Waals surface area contributed by atoms with Gasteiger partial charge in [0.25, 0.3) is 11.5 Å². The molecule has 3 aromatic rings. The number of fused-ring (bicyclic) bond motifs is 1. The van der Waals surface area contributed by atoms with Crippen LogP contribution in [0.2, 0.25) is 0 Å². The number of carbonyl (C=O) groups excluding carboxylic acids is 1. The molecule has 1 aliphatic heterocycles. The predicted molar refractivity (Wildman–Crippen MR) is 99.2 cm³/mol. The normalized spacial score (nSPS) is 19.3. The SMILES string of the molecule is COc1ccc2cc(C(=O)NC3COCC3n3nc(C)ccc3=O)[nH]c2c1. The van der Waals surface area contributed by atoms with E-state index in [9.17, 15) is 9.59 Å². The molecule has 1 amide bonds. The van der Waals surface area contributed by atoms with E-state index >= 15 is 0 Å². The average Bonchev–Trinajstić information content (AvgIpc) is 3.29. The fourth-order valence-electron chi connectivity index (χ4n) is 3.28. The number of nitrogens with zero attached hydrogens (tertiary/aromatic N) is 2. The van der Waals surface area contributed by atoms with Gasteiger partial charge in [-0.2, -0.15) is 5.10 Å². The van der Waals surface area contributed by atoms with Crippen molar-refractivity contribution in [2.75, 3.05) is 20.3 Å². The minimum absolute atomic E-state index is 0.215. The Morgan fingerprint density at radius 1 is 1.30 bits per heavy atom. The molecule has 1 fully saturated rings. The number of hydrogen-bond acceptors (Lipinski definition) is 5. The molecule has 2 unspecified atom stereocenters. The van der Waals surface area contributed by atoms with Crippen LogP contribution < -0.4 is 15.6 Å². The van der Waals surface area contributed by atoms with Gasteiger partial charge in [-0.25, -0.2) is 4.68 Å². The van der Waals surface area contributed by atoms with Crippen molar-refractivity contribution in [1.82, 2.24) is 20.1 Å². The van der Waals surface area contributed by atoms with Gasteiger partial charge in [0.1, 0.15) is 17.5 Å². The third-order valence-electron chi connectivity index (χ3n) is 4.71. The lowest BCUT2D eigenvalue weighted by atomic mass is 10.1. The lowest BCUT2D eigenvalue weighted by Crippen LogP contribution is -2.44. The fourth-order valence-corrected chi connectivity index (χ4v) is 3.28. The van der Waals surface area contributed by atoms with E-state index in [0.29, 0.717) is 24.7 Å². The second-order valence-electron chi connectivity index (χ2n) is 6.58. The van der Waals surface area contributed by atoms with Crippen molar-refractivity contribution in [3.05, 3.63) is 58.1 Å². The first-order chi connectivity index (χ1) is 13.0. The van der Waals surface area contributed by atoms with Crippen molar-refractivity contribution in [1.29, 1.82) is 0 Å². The van der Waals surface area contributed by atoms with Crippen LogP contribution in [-0.2, 0) is 4.74 Å². The summed E-state index contributed by atoms with van der Waals surface area (Å²) in [7, 11) is 1.60. The number of amides is 1. The van der Waals surface area contributed by atoms with Crippen molar-refractivity contribution < 1.29 is 14.3 Å². The van der Waals surface area contributed by atoms with Crippen molar-refractivity contribution in [2.45, 2.75) is 19.0 Å². The molecule has 0 radical (unpaired) electrons. The Morgan fingerprint density at radius 3 is 2.96 bits per heavy atom. The number of H-pyrrole nitrogens is 1. The maximum Gasteiger partial charge on any atom is 0.268 e. The first kappa shape index (κ1) is 17.3. The minimum Gasteiger partial charge on any atom is -0.497 e. The van der Waals surface area contributed by atoms with Gasteiger partial charge in [-0.1, -0.05) is 0 Å². The van der Waals surface area contributed by atoms with Crippen LogP contribution in [-0.4, -0.2) is 47.0 Å². The van der Waals surface area contributed by atoms with E-state index in [1.807, 2.05) is 25.1 Å². The first-order valence-electron chi connectivity index (χ1n) is 8.67. The van der Waals surface area contributed by atoms with Crippen molar-refractivity contribution >= 4 is 16.8 Å². The topological polar surface area (TPSA) is 98.2 Å². The third kappa shape index (κ3) is 3.31. The zero-order valence-corrected chi connectivity index (χ0v) is 15.1. The average molecular weight is 368 g/mol. The van der Waals surface area contributed by atoms with Crippen LogP contribution in [0.5, 0.6) is 5.75 Å². The number of ether oxygens (including phenoxy) is 2. The third-order valence-corrected chi connectivity index (χ3v) is 4.71. The molecule has 1 aromatic carbocycles. The van der Waals surface area contributed by atoms with Gasteiger partial charge < -0.3 is 19.8 Å².